The third kappa shape index (κ3) is 5.96. The van der Waals surface area contributed by atoms with Gasteiger partial charge in [-0.25, -0.2) is 0 Å². The van der Waals surface area contributed by atoms with Crippen molar-refractivity contribution < 1.29 is 9.59 Å². The van der Waals surface area contributed by atoms with Crippen molar-refractivity contribution in [2.45, 2.75) is 50.7 Å². The number of pyridine rings is 2. The molecule has 2 aromatic carbocycles. The van der Waals surface area contributed by atoms with E-state index in [1.54, 1.807) is 24.5 Å². The molecule has 3 heterocycles. The van der Waals surface area contributed by atoms with E-state index >= 15 is 0 Å². The molecule has 0 bridgehead atoms. The van der Waals surface area contributed by atoms with Crippen LogP contribution in [0.25, 0.3) is 22.3 Å². The summed E-state index contributed by atoms with van der Waals surface area (Å²) in [6.45, 7) is -0.229. The highest BCUT2D eigenvalue weighted by Gasteiger charge is 2.35. The first-order chi connectivity index (χ1) is 20.2. The second kappa shape index (κ2) is 12.0. The van der Waals surface area contributed by atoms with E-state index in [4.69, 9.17) is 0 Å². The number of hydrogen-bond acceptors (Lipinski definition) is 7. The maximum Gasteiger partial charge on any atom is 0.251 e. The fourth-order valence-corrected chi connectivity index (χ4v) is 5.29. The molecule has 41 heavy (non-hydrogen) atoms. The van der Waals surface area contributed by atoms with E-state index in [1.807, 2.05) is 66.7 Å². The molecule has 0 spiro atoms. The predicted octanol–water partition coefficient (Wildman–Crippen LogP) is 4.51. The van der Waals surface area contributed by atoms with E-state index in [0.717, 1.165) is 42.1 Å². The first-order valence-electron chi connectivity index (χ1n) is 13.9. The lowest BCUT2D eigenvalue weighted by molar-refractivity contribution is -0.127. The Morgan fingerprint density at radius 3 is 2.51 bits per heavy atom. The zero-order chi connectivity index (χ0) is 28.0. The third-order valence-electron chi connectivity index (χ3n) is 7.31. The molecule has 2 amide bonds. The van der Waals surface area contributed by atoms with Gasteiger partial charge in [0.15, 0.2) is 6.04 Å². The Bertz CT molecular complexity index is 1630. The standard InChI is InChI=1S/C31H30N8O2/c40-28(21-38-36-30(35-37-38)22-11-3-1-4-12-22)39(25-19-23-13-7-8-16-26(23)33-20-25)29(27-17-9-10-18-32-27)31(41)34-24-14-5-2-6-15-24/h1,3-4,7-13,16-20,24,29H,2,5-6,14-15,21H2,(H,34,41)/t29-/m1/s1. The molecule has 1 saturated carbocycles. The Balaban J connectivity index is 1.39. The number of hydrogen-bond donors (Lipinski definition) is 1. The molecule has 10 heteroatoms. The maximum atomic E-state index is 14.2. The van der Waals surface area contributed by atoms with E-state index in [9.17, 15) is 9.59 Å². The van der Waals surface area contributed by atoms with Gasteiger partial charge in [0, 0.05) is 23.2 Å². The van der Waals surface area contributed by atoms with E-state index < -0.39 is 11.9 Å². The van der Waals surface area contributed by atoms with Crippen molar-refractivity contribution >= 4 is 28.4 Å². The molecule has 1 aliphatic rings. The van der Waals surface area contributed by atoms with Crippen LogP contribution in [0.1, 0.15) is 43.8 Å². The highest BCUT2D eigenvalue weighted by atomic mass is 16.2. The zero-order valence-corrected chi connectivity index (χ0v) is 22.5. The molecular weight excluding hydrogens is 516 g/mol. The average Bonchev–Trinajstić information content (AvgIpc) is 3.49. The normalized spacial score (nSPS) is 14.4. The van der Waals surface area contributed by atoms with Crippen LogP contribution in [0.5, 0.6) is 0 Å². The maximum absolute atomic E-state index is 14.2. The first kappa shape index (κ1) is 26.2. The number of nitrogens with one attached hydrogen (secondary N) is 1. The number of amides is 2. The van der Waals surface area contributed by atoms with Crippen LogP contribution >= 0.6 is 0 Å². The summed E-state index contributed by atoms with van der Waals surface area (Å²) in [7, 11) is 0. The van der Waals surface area contributed by atoms with E-state index in [1.165, 1.54) is 16.1 Å². The van der Waals surface area contributed by atoms with Gasteiger partial charge in [-0.15, -0.1) is 10.2 Å². The number of fused-ring (bicyclic) bond motifs is 1. The van der Waals surface area contributed by atoms with Crippen molar-refractivity contribution in [2.75, 3.05) is 4.90 Å². The molecular formula is C31H30N8O2. The van der Waals surface area contributed by atoms with Gasteiger partial charge >= 0.3 is 0 Å². The summed E-state index contributed by atoms with van der Waals surface area (Å²) < 4.78 is 0. The van der Waals surface area contributed by atoms with Gasteiger partial charge < -0.3 is 5.32 Å². The Morgan fingerprint density at radius 1 is 0.927 bits per heavy atom. The van der Waals surface area contributed by atoms with Crippen LogP contribution in [0, 0.1) is 0 Å². The summed E-state index contributed by atoms with van der Waals surface area (Å²) in [5.41, 5.74) is 2.51. The van der Waals surface area contributed by atoms with Gasteiger partial charge in [-0.05, 0) is 42.3 Å². The van der Waals surface area contributed by atoms with Gasteiger partial charge in [0.2, 0.25) is 11.7 Å². The number of para-hydroxylation sites is 1. The second-order valence-corrected chi connectivity index (χ2v) is 10.2. The third-order valence-corrected chi connectivity index (χ3v) is 7.31. The van der Waals surface area contributed by atoms with Crippen LogP contribution in [0.2, 0.25) is 0 Å². The zero-order valence-electron chi connectivity index (χ0n) is 22.5. The number of aromatic nitrogens is 6. The summed E-state index contributed by atoms with van der Waals surface area (Å²) >= 11 is 0. The highest BCUT2D eigenvalue weighted by molar-refractivity contribution is 6.02. The summed E-state index contributed by atoms with van der Waals surface area (Å²) in [4.78, 5) is 40.0. The van der Waals surface area contributed by atoms with E-state index in [-0.39, 0.29) is 18.5 Å². The van der Waals surface area contributed by atoms with Crippen molar-refractivity contribution in [1.82, 2.24) is 35.5 Å². The number of benzene rings is 2. The molecule has 6 rings (SSSR count). The molecule has 10 nitrogen and oxygen atoms in total. The monoisotopic (exact) mass is 546 g/mol. The van der Waals surface area contributed by atoms with Crippen LogP contribution in [0.15, 0.2) is 91.3 Å². The quantitative estimate of drug-likeness (QED) is 0.304. The van der Waals surface area contributed by atoms with Crippen molar-refractivity contribution in [2.24, 2.45) is 0 Å². The SMILES string of the molecule is O=C(NC1CCCCC1)[C@@H](c1ccccn1)N(C(=O)Cn1nnc(-c2ccccc2)n1)c1cnc2ccccc2c1. The lowest BCUT2D eigenvalue weighted by atomic mass is 9.95. The van der Waals surface area contributed by atoms with Crippen molar-refractivity contribution in [3.63, 3.8) is 0 Å². The fraction of sp³-hybridized carbons (Fsp3) is 0.258. The number of carbonyl (C=O) groups is 2. The van der Waals surface area contributed by atoms with Gasteiger partial charge in [-0.2, -0.15) is 4.80 Å². The van der Waals surface area contributed by atoms with Crippen LogP contribution in [0.4, 0.5) is 5.69 Å². The van der Waals surface area contributed by atoms with Gasteiger partial charge in [-0.1, -0.05) is 73.9 Å². The second-order valence-electron chi connectivity index (χ2n) is 10.2. The molecule has 3 aromatic heterocycles. The largest absolute Gasteiger partial charge is 0.351 e. The van der Waals surface area contributed by atoms with Crippen molar-refractivity contribution in [3.05, 3.63) is 97.0 Å². The smallest absolute Gasteiger partial charge is 0.251 e. The Kier molecular flexibility index (Phi) is 7.70. The molecule has 0 radical (unpaired) electrons. The number of carbonyl (C=O) groups excluding carboxylic acids is 2. The van der Waals surface area contributed by atoms with E-state index in [0.29, 0.717) is 17.2 Å². The molecule has 0 saturated heterocycles. The van der Waals surface area contributed by atoms with Crippen LogP contribution in [0.3, 0.4) is 0 Å². The molecule has 206 valence electrons. The summed E-state index contributed by atoms with van der Waals surface area (Å²) in [6, 6.07) is 23.4. The van der Waals surface area contributed by atoms with Crippen molar-refractivity contribution in [1.29, 1.82) is 0 Å². The molecule has 5 aromatic rings. The minimum Gasteiger partial charge on any atom is -0.351 e. The molecule has 0 aliphatic heterocycles. The Hall–Kier alpha value is -4.99. The van der Waals surface area contributed by atoms with E-state index in [2.05, 4.69) is 30.7 Å². The Labute approximate surface area is 237 Å². The minimum atomic E-state index is -1.02. The van der Waals surface area contributed by atoms with Gasteiger partial charge in [0.25, 0.3) is 5.91 Å². The first-order valence-corrected chi connectivity index (χ1v) is 13.9. The topological polar surface area (TPSA) is 119 Å². The summed E-state index contributed by atoms with van der Waals surface area (Å²) in [6.07, 6.45) is 8.38. The average molecular weight is 547 g/mol. The van der Waals surface area contributed by atoms with Gasteiger partial charge in [0.1, 0.15) is 6.54 Å². The molecule has 1 aliphatic carbocycles. The van der Waals surface area contributed by atoms with Crippen LogP contribution in [-0.4, -0.2) is 48.0 Å². The number of tetrazole rings is 1. The molecule has 1 N–H and O–H groups in total. The fourth-order valence-electron chi connectivity index (χ4n) is 5.29. The summed E-state index contributed by atoms with van der Waals surface area (Å²) in [5, 5.41) is 16.7. The lowest BCUT2D eigenvalue weighted by Gasteiger charge is -2.32. The number of rotatable bonds is 8. The Morgan fingerprint density at radius 2 is 1.71 bits per heavy atom. The lowest BCUT2D eigenvalue weighted by Crippen LogP contribution is -2.48. The number of anilines is 1. The minimum absolute atomic E-state index is 0.0551. The van der Waals surface area contributed by atoms with Gasteiger partial charge in [-0.3, -0.25) is 24.5 Å². The molecule has 1 fully saturated rings. The van der Waals surface area contributed by atoms with Crippen molar-refractivity contribution in [3.8, 4) is 11.4 Å². The predicted molar refractivity (Wildman–Crippen MR) is 154 cm³/mol. The van der Waals surface area contributed by atoms with Gasteiger partial charge in [0.05, 0.1) is 23.1 Å². The van der Waals surface area contributed by atoms with Crippen LogP contribution in [-0.2, 0) is 16.1 Å². The highest BCUT2D eigenvalue weighted by Crippen LogP contribution is 2.30. The van der Waals surface area contributed by atoms with Crippen LogP contribution < -0.4 is 10.2 Å². The molecule has 1 atom stereocenters. The summed E-state index contributed by atoms with van der Waals surface area (Å²) in [5.74, 6) is -0.268. The molecule has 0 unspecified atom stereocenters. The number of nitrogens with zero attached hydrogens (tertiary/aromatic N) is 7.